The molecule has 0 saturated carbocycles. The molecule has 1 aromatic carbocycles. The first-order chi connectivity index (χ1) is 14.0. The van der Waals surface area contributed by atoms with Crippen molar-refractivity contribution in [3.05, 3.63) is 48.0 Å². The molecule has 0 N–H and O–H groups in total. The molecule has 3 heterocycles. The van der Waals surface area contributed by atoms with Gasteiger partial charge in [-0.05, 0) is 26.0 Å². The Labute approximate surface area is 171 Å². The van der Waals surface area contributed by atoms with Gasteiger partial charge in [0, 0.05) is 57.8 Å². The third-order valence-electron chi connectivity index (χ3n) is 5.98. The number of carbonyl (C=O) groups is 2. The van der Waals surface area contributed by atoms with E-state index < -0.39 is 6.04 Å². The van der Waals surface area contributed by atoms with Crippen LogP contribution in [0.25, 0.3) is 0 Å². The number of piperazine rings is 1. The van der Waals surface area contributed by atoms with Crippen molar-refractivity contribution in [1.82, 2.24) is 19.4 Å². The third kappa shape index (κ3) is 3.61. The Balaban J connectivity index is 1.57. The zero-order valence-corrected chi connectivity index (χ0v) is 17.4. The van der Waals surface area contributed by atoms with Crippen molar-refractivity contribution in [3.8, 4) is 0 Å². The highest BCUT2D eigenvalue weighted by Crippen LogP contribution is 2.33. The number of anilines is 1. The van der Waals surface area contributed by atoms with Gasteiger partial charge in [-0.1, -0.05) is 18.2 Å². The molecule has 1 saturated heterocycles. The van der Waals surface area contributed by atoms with E-state index >= 15 is 0 Å². The molecule has 1 fully saturated rings. The van der Waals surface area contributed by atoms with E-state index in [-0.39, 0.29) is 17.9 Å². The predicted molar refractivity (Wildman–Crippen MR) is 112 cm³/mol. The van der Waals surface area contributed by atoms with Gasteiger partial charge in [0.05, 0.1) is 17.7 Å². The normalized spacial score (nSPS) is 19.4. The fraction of sp³-hybridized carbons (Fsp3) is 0.500. The summed E-state index contributed by atoms with van der Waals surface area (Å²) < 4.78 is 2.05. The maximum absolute atomic E-state index is 13.6. The molecule has 2 aliphatic heterocycles. The quantitative estimate of drug-likeness (QED) is 0.800. The van der Waals surface area contributed by atoms with Gasteiger partial charge in [0.2, 0.25) is 5.91 Å². The lowest BCUT2D eigenvalue weighted by molar-refractivity contribution is -0.146. The lowest BCUT2D eigenvalue weighted by atomic mass is 10.00. The first kappa shape index (κ1) is 19.5. The molecule has 4 rings (SSSR count). The average molecular weight is 396 g/mol. The first-order valence-corrected chi connectivity index (χ1v) is 10.4. The molecule has 29 heavy (non-hydrogen) atoms. The van der Waals surface area contributed by atoms with Crippen LogP contribution >= 0.6 is 0 Å². The molecule has 0 radical (unpaired) electrons. The minimum Gasteiger partial charge on any atom is -0.368 e. The fourth-order valence-corrected chi connectivity index (χ4v) is 4.40. The summed E-state index contributed by atoms with van der Waals surface area (Å²) in [5.41, 5.74) is 3.01. The zero-order chi connectivity index (χ0) is 20.5. The van der Waals surface area contributed by atoms with Crippen LogP contribution in [-0.4, -0.2) is 63.9 Å². The number of nitrogens with zero attached hydrogens (tertiary/aromatic N) is 5. The maximum Gasteiger partial charge on any atom is 0.251 e. The molecular formula is C22H29N5O2. The SMILES string of the molecule is CC(=O)N1CCc2ncn(C(C)C)c2C1C(=O)N1CCN(c2ccccc2)CC1. The van der Waals surface area contributed by atoms with E-state index in [1.807, 2.05) is 34.0 Å². The second-order valence-electron chi connectivity index (χ2n) is 8.09. The Morgan fingerprint density at radius 3 is 2.34 bits per heavy atom. The zero-order valence-electron chi connectivity index (χ0n) is 17.4. The molecule has 0 aliphatic carbocycles. The monoisotopic (exact) mass is 395 g/mol. The molecule has 2 aliphatic rings. The molecule has 1 unspecified atom stereocenters. The predicted octanol–water partition coefficient (Wildman–Crippen LogP) is 2.26. The number of rotatable bonds is 3. The van der Waals surface area contributed by atoms with E-state index in [2.05, 4.69) is 35.9 Å². The summed E-state index contributed by atoms with van der Waals surface area (Å²) in [5.74, 6) is -0.0512. The van der Waals surface area contributed by atoms with E-state index in [4.69, 9.17) is 0 Å². The molecule has 7 nitrogen and oxygen atoms in total. The van der Waals surface area contributed by atoms with Gasteiger partial charge < -0.3 is 19.3 Å². The Bertz CT molecular complexity index is 884. The van der Waals surface area contributed by atoms with Crippen molar-refractivity contribution < 1.29 is 9.59 Å². The number of hydrogen-bond acceptors (Lipinski definition) is 4. The Morgan fingerprint density at radius 2 is 1.72 bits per heavy atom. The van der Waals surface area contributed by atoms with Crippen LogP contribution in [0.1, 0.15) is 44.2 Å². The van der Waals surface area contributed by atoms with E-state index in [0.29, 0.717) is 26.1 Å². The third-order valence-corrected chi connectivity index (χ3v) is 5.98. The van der Waals surface area contributed by atoms with Gasteiger partial charge in [0.1, 0.15) is 0 Å². The fourth-order valence-electron chi connectivity index (χ4n) is 4.40. The highest BCUT2D eigenvalue weighted by Gasteiger charge is 2.41. The largest absolute Gasteiger partial charge is 0.368 e. The van der Waals surface area contributed by atoms with Crippen LogP contribution in [-0.2, 0) is 16.0 Å². The van der Waals surface area contributed by atoms with Crippen molar-refractivity contribution in [2.24, 2.45) is 0 Å². The second-order valence-corrected chi connectivity index (χ2v) is 8.09. The summed E-state index contributed by atoms with van der Waals surface area (Å²) in [6.45, 7) is 9.14. The number of carbonyl (C=O) groups excluding carboxylic acids is 2. The van der Waals surface area contributed by atoms with Crippen LogP contribution in [0.2, 0.25) is 0 Å². The summed E-state index contributed by atoms with van der Waals surface area (Å²) in [4.78, 5) is 36.5. The van der Waals surface area contributed by atoms with Crippen LogP contribution in [0.5, 0.6) is 0 Å². The molecule has 7 heteroatoms. The highest BCUT2D eigenvalue weighted by atomic mass is 16.2. The van der Waals surface area contributed by atoms with Crippen molar-refractivity contribution in [2.45, 2.75) is 39.3 Å². The van der Waals surface area contributed by atoms with Crippen LogP contribution < -0.4 is 4.90 Å². The standard InChI is InChI=1S/C22H29N5O2/c1-16(2)27-15-23-19-9-10-26(17(3)28)21(20(19)27)22(29)25-13-11-24(12-14-25)18-7-5-4-6-8-18/h4-8,15-16,21H,9-14H2,1-3H3. The van der Waals surface area contributed by atoms with E-state index in [0.717, 1.165) is 24.5 Å². The highest BCUT2D eigenvalue weighted by molar-refractivity contribution is 5.88. The number of fused-ring (bicyclic) bond motifs is 1. The molecule has 2 amide bonds. The smallest absolute Gasteiger partial charge is 0.251 e. The molecule has 154 valence electrons. The van der Waals surface area contributed by atoms with E-state index in [9.17, 15) is 9.59 Å². The topological polar surface area (TPSA) is 61.7 Å². The van der Waals surface area contributed by atoms with Crippen molar-refractivity contribution in [3.63, 3.8) is 0 Å². The molecule has 2 aromatic rings. The van der Waals surface area contributed by atoms with Crippen LogP contribution in [0.4, 0.5) is 5.69 Å². The number of amides is 2. The summed E-state index contributed by atoms with van der Waals surface area (Å²) in [6.07, 6.45) is 2.51. The average Bonchev–Trinajstić information content (AvgIpc) is 3.18. The number of para-hydroxylation sites is 1. The van der Waals surface area contributed by atoms with Crippen molar-refractivity contribution in [2.75, 3.05) is 37.6 Å². The van der Waals surface area contributed by atoms with Gasteiger partial charge in [-0.15, -0.1) is 0 Å². The minimum atomic E-state index is -0.579. The maximum atomic E-state index is 13.6. The number of hydrogen-bond donors (Lipinski definition) is 0. The molecule has 1 aromatic heterocycles. The molecule has 1 atom stereocenters. The Kier molecular flexibility index (Phi) is 5.30. The molecular weight excluding hydrogens is 366 g/mol. The van der Waals surface area contributed by atoms with Gasteiger partial charge >= 0.3 is 0 Å². The summed E-state index contributed by atoms with van der Waals surface area (Å²) in [5, 5.41) is 0. The Morgan fingerprint density at radius 1 is 1.03 bits per heavy atom. The van der Waals surface area contributed by atoms with Gasteiger partial charge in [-0.3, -0.25) is 9.59 Å². The number of benzene rings is 1. The van der Waals surface area contributed by atoms with Crippen LogP contribution in [0.3, 0.4) is 0 Å². The number of aromatic nitrogens is 2. The lowest BCUT2D eigenvalue weighted by Crippen LogP contribution is -2.54. The summed E-state index contributed by atoms with van der Waals surface area (Å²) in [7, 11) is 0. The number of imidazole rings is 1. The summed E-state index contributed by atoms with van der Waals surface area (Å²) in [6, 6.07) is 9.89. The van der Waals surface area contributed by atoms with E-state index in [1.54, 1.807) is 11.8 Å². The van der Waals surface area contributed by atoms with Crippen LogP contribution in [0.15, 0.2) is 36.7 Å². The lowest BCUT2D eigenvalue weighted by Gasteiger charge is -2.41. The van der Waals surface area contributed by atoms with Gasteiger partial charge in [-0.2, -0.15) is 0 Å². The van der Waals surface area contributed by atoms with Crippen molar-refractivity contribution in [1.29, 1.82) is 0 Å². The van der Waals surface area contributed by atoms with Gasteiger partial charge in [0.15, 0.2) is 6.04 Å². The van der Waals surface area contributed by atoms with E-state index in [1.165, 1.54) is 5.69 Å². The van der Waals surface area contributed by atoms with Gasteiger partial charge in [-0.25, -0.2) is 4.98 Å². The van der Waals surface area contributed by atoms with Gasteiger partial charge in [0.25, 0.3) is 5.91 Å². The molecule has 0 spiro atoms. The summed E-state index contributed by atoms with van der Waals surface area (Å²) >= 11 is 0. The molecule has 0 bridgehead atoms. The van der Waals surface area contributed by atoms with Crippen molar-refractivity contribution >= 4 is 17.5 Å². The Hall–Kier alpha value is -2.83. The second kappa shape index (κ2) is 7.89. The first-order valence-electron chi connectivity index (χ1n) is 10.4. The van der Waals surface area contributed by atoms with Crippen LogP contribution in [0, 0.1) is 0 Å². The minimum absolute atomic E-state index is 0.0104.